The summed E-state index contributed by atoms with van der Waals surface area (Å²) in [6.07, 6.45) is 0.482. The monoisotopic (exact) mass is 479 g/mol. The van der Waals surface area contributed by atoms with Crippen LogP contribution >= 0.6 is 0 Å². The van der Waals surface area contributed by atoms with Gasteiger partial charge >= 0.3 is 12.1 Å². The molecule has 2 aliphatic rings. The topological polar surface area (TPSA) is 79.4 Å². The Labute approximate surface area is 206 Å². The lowest BCUT2D eigenvalue weighted by Gasteiger charge is -2.43. The number of amides is 2. The Morgan fingerprint density at radius 2 is 1.51 bits per heavy atom. The van der Waals surface area contributed by atoms with Gasteiger partial charge in [-0.25, -0.2) is 9.59 Å². The first-order chi connectivity index (χ1) is 16.7. The van der Waals surface area contributed by atoms with Gasteiger partial charge in [-0.05, 0) is 51.3 Å². The zero-order chi connectivity index (χ0) is 25.2. The fourth-order valence-corrected chi connectivity index (χ4v) is 4.93. The molecule has 2 fully saturated rings. The molecule has 2 aromatic rings. The third-order valence-corrected chi connectivity index (χ3v) is 6.63. The summed E-state index contributed by atoms with van der Waals surface area (Å²) in [6, 6.07) is 18.1. The minimum absolute atomic E-state index is 0.135. The van der Waals surface area contributed by atoms with Crippen molar-refractivity contribution in [3.8, 4) is 0 Å². The molecule has 2 aliphatic heterocycles. The van der Waals surface area contributed by atoms with E-state index in [9.17, 15) is 14.4 Å². The average Bonchev–Trinajstić information content (AvgIpc) is 3.11. The molecule has 35 heavy (non-hydrogen) atoms. The van der Waals surface area contributed by atoms with E-state index in [-0.39, 0.29) is 18.7 Å². The predicted molar refractivity (Wildman–Crippen MR) is 132 cm³/mol. The quantitative estimate of drug-likeness (QED) is 0.618. The van der Waals surface area contributed by atoms with Gasteiger partial charge < -0.3 is 24.2 Å². The molecule has 0 radical (unpaired) electrons. The molecular weight excluding hydrogens is 446 g/mol. The normalized spacial score (nSPS) is 18.5. The number of ether oxygens (including phenoxy) is 2. The minimum atomic E-state index is -0.874. The molecule has 0 saturated carbocycles. The van der Waals surface area contributed by atoms with Gasteiger partial charge in [0, 0.05) is 18.8 Å². The van der Waals surface area contributed by atoms with Gasteiger partial charge in [-0.15, -0.1) is 0 Å². The van der Waals surface area contributed by atoms with Crippen LogP contribution in [-0.4, -0.2) is 65.8 Å². The summed E-state index contributed by atoms with van der Waals surface area (Å²) >= 11 is 0. The number of carbonyl (C=O) groups is 3. The predicted octanol–water partition coefficient (Wildman–Crippen LogP) is 3.98. The number of nitrogens with zero attached hydrogens (tertiary/aromatic N) is 3. The molecular formula is C27H33N3O5. The first kappa shape index (κ1) is 24.6. The van der Waals surface area contributed by atoms with Crippen molar-refractivity contribution in [3.63, 3.8) is 0 Å². The van der Waals surface area contributed by atoms with Gasteiger partial charge in [-0.2, -0.15) is 0 Å². The molecule has 8 nitrogen and oxygen atoms in total. The average molecular weight is 480 g/mol. The van der Waals surface area contributed by atoms with Gasteiger partial charge in [0.25, 0.3) is 5.91 Å². The van der Waals surface area contributed by atoms with E-state index in [2.05, 4.69) is 4.90 Å². The molecule has 0 aliphatic carbocycles. The summed E-state index contributed by atoms with van der Waals surface area (Å²) in [5.74, 6) is -0.620. The number of para-hydroxylation sites is 1. The van der Waals surface area contributed by atoms with Crippen molar-refractivity contribution in [2.24, 2.45) is 0 Å². The van der Waals surface area contributed by atoms with Gasteiger partial charge in [0.15, 0.2) is 6.04 Å². The van der Waals surface area contributed by atoms with Crippen molar-refractivity contribution in [1.29, 1.82) is 0 Å². The Balaban J connectivity index is 1.67. The number of hydrogen-bond acceptors (Lipinski definition) is 6. The fraction of sp³-hybridized carbons (Fsp3) is 0.444. The molecule has 0 unspecified atom stereocenters. The molecule has 2 amide bonds. The summed E-state index contributed by atoms with van der Waals surface area (Å²) in [7, 11) is 1.34. The Hall–Kier alpha value is -3.55. The lowest BCUT2D eigenvalue weighted by molar-refractivity contribution is -0.152. The highest BCUT2D eigenvalue weighted by Crippen LogP contribution is 2.42. The highest BCUT2D eigenvalue weighted by Gasteiger charge is 2.56. The summed E-state index contributed by atoms with van der Waals surface area (Å²) in [5, 5.41) is 0. The van der Waals surface area contributed by atoms with Crippen molar-refractivity contribution in [2.75, 3.05) is 31.8 Å². The van der Waals surface area contributed by atoms with Crippen LogP contribution in [0.25, 0.3) is 0 Å². The van der Waals surface area contributed by atoms with Crippen LogP contribution < -0.4 is 4.90 Å². The Kier molecular flexibility index (Phi) is 6.74. The van der Waals surface area contributed by atoms with E-state index in [1.54, 1.807) is 9.80 Å². The van der Waals surface area contributed by atoms with Crippen LogP contribution in [0, 0.1) is 0 Å². The molecule has 1 atom stereocenters. The molecule has 186 valence electrons. The molecule has 1 spiro atoms. The van der Waals surface area contributed by atoms with Crippen molar-refractivity contribution in [1.82, 2.24) is 9.80 Å². The van der Waals surface area contributed by atoms with E-state index in [1.807, 2.05) is 81.4 Å². The first-order valence-electron chi connectivity index (χ1n) is 11.9. The van der Waals surface area contributed by atoms with Gasteiger partial charge in [0.05, 0.1) is 13.8 Å². The first-order valence-corrected chi connectivity index (χ1v) is 11.9. The Bertz CT molecular complexity index is 1060. The Morgan fingerprint density at radius 1 is 0.943 bits per heavy atom. The largest absolute Gasteiger partial charge is 0.467 e. The maximum absolute atomic E-state index is 14.1. The second-order valence-corrected chi connectivity index (χ2v) is 10.0. The molecule has 2 saturated heterocycles. The van der Waals surface area contributed by atoms with Crippen LogP contribution in [0.5, 0.6) is 0 Å². The molecule has 2 aromatic carbocycles. The number of carbonyl (C=O) groups excluding carboxylic acids is 3. The minimum Gasteiger partial charge on any atom is -0.467 e. The third kappa shape index (κ3) is 4.83. The molecule has 2 heterocycles. The van der Waals surface area contributed by atoms with Crippen molar-refractivity contribution < 1.29 is 23.9 Å². The fourth-order valence-electron chi connectivity index (χ4n) is 4.93. The molecule has 0 aromatic heterocycles. The lowest BCUT2D eigenvalue weighted by Crippen LogP contribution is -2.57. The third-order valence-electron chi connectivity index (χ3n) is 6.63. The number of hydrogen-bond donors (Lipinski definition) is 0. The van der Waals surface area contributed by atoms with Gasteiger partial charge in [-0.3, -0.25) is 4.79 Å². The summed E-state index contributed by atoms with van der Waals surface area (Å²) in [4.78, 5) is 45.1. The van der Waals surface area contributed by atoms with E-state index in [4.69, 9.17) is 9.47 Å². The number of benzene rings is 2. The smallest absolute Gasteiger partial charge is 0.410 e. The highest BCUT2D eigenvalue weighted by molar-refractivity contribution is 5.97. The second kappa shape index (κ2) is 9.60. The number of piperidine rings is 1. The SMILES string of the molecule is COC(=O)[C@H](c1ccccc1)N1CN(c2ccccc2)C2(CCN(C(=O)OC(C)(C)C)CC2)C1=O. The van der Waals surface area contributed by atoms with Gasteiger partial charge in [0.2, 0.25) is 0 Å². The van der Waals surface area contributed by atoms with Crippen LogP contribution in [0.1, 0.15) is 45.2 Å². The zero-order valence-corrected chi connectivity index (χ0v) is 20.8. The van der Waals surface area contributed by atoms with Crippen LogP contribution in [0.4, 0.5) is 10.5 Å². The molecule has 0 bridgehead atoms. The summed E-state index contributed by atoms with van der Waals surface area (Å²) in [6.45, 7) is 6.51. The summed E-state index contributed by atoms with van der Waals surface area (Å²) < 4.78 is 10.7. The van der Waals surface area contributed by atoms with Gasteiger partial charge in [-0.1, -0.05) is 48.5 Å². The van der Waals surface area contributed by atoms with E-state index >= 15 is 0 Å². The molecule has 8 heteroatoms. The Morgan fingerprint density at radius 3 is 2.06 bits per heavy atom. The van der Waals surface area contributed by atoms with Crippen LogP contribution in [0.15, 0.2) is 60.7 Å². The lowest BCUT2D eigenvalue weighted by atomic mass is 9.85. The zero-order valence-electron chi connectivity index (χ0n) is 20.8. The van der Waals surface area contributed by atoms with E-state index in [0.29, 0.717) is 31.5 Å². The van der Waals surface area contributed by atoms with Gasteiger partial charge in [0.1, 0.15) is 11.1 Å². The van der Waals surface area contributed by atoms with Crippen molar-refractivity contribution >= 4 is 23.7 Å². The van der Waals surface area contributed by atoms with Crippen molar-refractivity contribution in [2.45, 2.75) is 50.8 Å². The molecule has 0 N–H and O–H groups in total. The second-order valence-electron chi connectivity index (χ2n) is 10.0. The van der Waals surface area contributed by atoms with E-state index < -0.39 is 23.2 Å². The number of anilines is 1. The highest BCUT2D eigenvalue weighted by atomic mass is 16.6. The van der Waals surface area contributed by atoms with E-state index in [0.717, 1.165) is 5.69 Å². The number of likely N-dealkylation sites (tertiary alicyclic amines) is 1. The van der Waals surface area contributed by atoms with Crippen molar-refractivity contribution in [3.05, 3.63) is 66.2 Å². The van der Waals surface area contributed by atoms with E-state index in [1.165, 1.54) is 7.11 Å². The van der Waals surface area contributed by atoms with Crippen LogP contribution in [-0.2, 0) is 19.1 Å². The standard InChI is InChI=1S/C27H33N3O5/c1-26(2,3)35-25(33)28-17-15-27(16-18-28)24(32)29(19-30(27)21-13-9-6-10-14-21)22(23(31)34-4)20-11-7-5-8-12-20/h5-14,22H,15-19H2,1-4H3/t22-/m0/s1. The van der Waals surface area contributed by atoms with Crippen LogP contribution in [0.2, 0.25) is 0 Å². The molecule has 4 rings (SSSR count). The number of methoxy groups -OCH3 is 1. The number of esters is 1. The number of rotatable bonds is 4. The summed E-state index contributed by atoms with van der Waals surface area (Å²) in [5.41, 5.74) is 0.127. The maximum Gasteiger partial charge on any atom is 0.410 e. The van der Waals surface area contributed by atoms with Crippen LogP contribution in [0.3, 0.4) is 0 Å². The maximum atomic E-state index is 14.1.